The molecule has 4 rings (SSSR count). The topological polar surface area (TPSA) is 44.4 Å². The standard InChI is InChI=1S/C20H25N3OS3/c1-14-12-15-13-16(22-27(24)19-8-5-11-26-19)9-10-18(15)21-20(25)23(14)17-6-3-2-4-7-17/h5,8-11,13-14,17,22H,2-4,6-7,12H2,1H3,(H,21,25). The fraction of sp³-hybridized carbons (Fsp3) is 0.450. The van der Waals surface area contributed by atoms with Crippen molar-refractivity contribution in [2.75, 3.05) is 10.0 Å². The Kier molecular flexibility index (Phi) is 5.80. The van der Waals surface area contributed by atoms with Gasteiger partial charge in [0.25, 0.3) is 0 Å². The lowest BCUT2D eigenvalue weighted by Crippen LogP contribution is -2.48. The van der Waals surface area contributed by atoms with E-state index in [4.69, 9.17) is 12.2 Å². The molecule has 1 saturated carbocycles. The van der Waals surface area contributed by atoms with Crippen molar-refractivity contribution in [1.82, 2.24) is 4.90 Å². The van der Waals surface area contributed by atoms with Gasteiger partial charge in [0.1, 0.15) is 4.21 Å². The molecule has 7 heteroatoms. The van der Waals surface area contributed by atoms with Crippen molar-refractivity contribution in [2.45, 2.75) is 61.7 Å². The van der Waals surface area contributed by atoms with E-state index in [1.807, 2.05) is 29.6 Å². The number of rotatable bonds is 4. The average molecular weight is 420 g/mol. The highest BCUT2D eigenvalue weighted by molar-refractivity contribution is 7.88. The van der Waals surface area contributed by atoms with Gasteiger partial charge in [0.15, 0.2) is 16.1 Å². The second-order valence-electron chi connectivity index (χ2n) is 7.36. The molecule has 0 saturated heterocycles. The summed E-state index contributed by atoms with van der Waals surface area (Å²) in [7, 11) is -1.22. The lowest BCUT2D eigenvalue weighted by molar-refractivity contribution is 0.202. The van der Waals surface area contributed by atoms with Gasteiger partial charge >= 0.3 is 0 Å². The predicted molar refractivity (Wildman–Crippen MR) is 119 cm³/mol. The number of thiocarbonyl (C=S) groups is 1. The Bertz CT molecular complexity index is 831. The molecule has 2 unspecified atom stereocenters. The molecule has 1 fully saturated rings. The Labute approximate surface area is 172 Å². The van der Waals surface area contributed by atoms with E-state index in [1.165, 1.54) is 49.0 Å². The number of nitrogens with one attached hydrogen (secondary N) is 2. The molecule has 1 aliphatic carbocycles. The van der Waals surface area contributed by atoms with Crippen LogP contribution in [0, 0.1) is 0 Å². The van der Waals surface area contributed by atoms with Crippen LogP contribution >= 0.6 is 23.6 Å². The van der Waals surface area contributed by atoms with Crippen molar-refractivity contribution in [3.8, 4) is 0 Å². The van der Waals surface area contributed by atoms with Crippen LogP contribution in [0.5, 0.6) is 0 Å². The molecule has 1 aromatic heterocycles. The van der Waals surface area contributed by atoms with Crippen LogP contribution in [0.4, 0.5) is 11.4 Å². The van der Waals surface area contributed by atoms with Crippen molar-refractivity contribution < 1.29 is 4.21 Å². The molecule has 2 atom stereocenters. The molecule has 27 heavy (non-hydrogen) atoms. The van der Waals surface area contributed by atoms with Crippen molar-refractivity contribution in [3.05, 3.63) is 41.3 Å². The van der Waals surface area contributed by atoms with E-state index in [0.29, 0.717) is 12.1 Å². The van der Waals surface area contributed by atoms with Gasteiger partial charge in [-0.1, -0.05) is 25.3 Å². The maximum Gasteiger partial charge on any atom is 0.173 e. The molecule has 0 amide bonds. The number of fused-ring (bicyclic) bond motifs is 1. The fourth-order valence-electron chi connectivity index (χ4n) is 4.16. The highest BCUT2D eigenvalue weighted by Gasteiger charge is 2.30. The molecule has 0 bridgehead atoms. The van der Waals surface area contributed by atoms with Crippen molar-refractivity contribution >= 4 is 51.0 Å². The van der Waals surface area contributed by atoms with E-state index in [-0.39, 0.29) is 0 Å². The van der Waals surface area contributed by atoms with Crippen LogP contribution in [-0.2, 0) is 17.4 Å². The predicted octanol–water partition coefficient (Wildman–Crippen LogP) is 5.16. The molecule has 1 aromatic carbocycles. The van der Waals surface area contributed by atoms with Gasteiger partial charge in [-0.25, -0.2) is 4.21 Å². The summed E-state index contributed by atoms with van der Waals surface area (Å²) in [6.07, 6.45) is 7.33. The smallest absolute Gasteiger partial charge is 0.173 e. The number of benzene rings is 1. The summed E-state index contributed by atoms with van der Waals surface area (Å²) in [6.45, 7) is 2.27. The van der Waals surface area contributed by atoms with Crippen LogP contribution < -0.4 is 10.0 Å². The van der Waals surface area contributed by atoms with Gasteiger partial charge in [0.2, 0.25) is 0 Å². The first-order valence-corrected chi connectivity index (χ1v) is 12.0. The van der Waals surface area contributed by atoms with Crippen molar-refractivity contribution in [2.24, 2.45) is 0 Å². The van der Waals surface area contributed by atoms with Gasteiger partial charge < -0.3 is 14.9 Å². The monoisotopic (exact) mass is 419 g/mol. The highest BCUT2D eigenvalue weighted by atomic mass is 32.2. The second kappa shape index (κ2) is 8.29. The number of hydrogen-bond acceptors (Lipinski definition) is 3. The molecule has 2 heterocycles. The lowest BCUT2D eigenvalue weighted by Gasteiger charge is -2.39. The lowest BCUT2D eigenvalue weighted by atomic mass is 9.93. The van der Waals surface area contributed by atoms with Gasteiger partial charge in [-0.3, -0.25) is 0 Å². The van der Waals surface area contributed by atoms with E-state index in [0.717, 1.165) is 27.1 Å². The van der Waals surface area contributed by atoms with E-state index < -0.39 is 11.0 Å². The number of thiophene rings is 1. The molecule has 0 radical (unpaired) electrons. The quantitative estimate of drug-likeness (QED) is 0.672. The third kappa shape index (κ3) is 4.20. The second-order valence-corrected chi connectivity index (χ2v) is 10.1. The molecule has 2 N–H and O–H groups in total. The maximum absolute atomic E-state index is 12.5. The summed E-state index contributed by atoms with van der Waals surface area (Å²) in [4.78, 5) is 2.42. The van der Waals surface area contributed by atoms with Crippen LogP contribution in [0.15, 0.2) is 39.9 Å². The largest absolute Gasteiger partial charge is 0.343 e. The minimum absolute atomic E-state index is 0.354. The Hall–Kier alpha value is -1.44. The summed E-state index contributed by atoms with van der Waals surface area (Å²) >= 11 is 7.26. The van der Waals surface area contributed by atoms with Gasteiger partial charge in [0, 0.05) is 23.5 Å². The van der Waals surface area contributed by atoms with E-state index >= 15 is 0 Å². The van der Waals surface area contributed by atoms with Crippen LogP contribution in [0.25, 0.3) is 0 Å². The minimum atomic E-state index is -1.22. The first-order chi connectivity index (χ1) is 13.1. The number of anilines is 2. The zero-order valence-corrected chi connectivity index (χ0v) is 17.9. The first-order valence-electron chi connectivity index (χ1n) is 9.56. The molecule has 4 nitrogen and oxygen atoms in total. The Morgan fingerprint density at radius 3 is 2.81 bits per heavy atom. The van der Waals surface area contributed by atoms with Crippen LogP contribution in [0.3, 0.4) is 0 Å². The first kappa shape index (κ1) is 18.9. The van der Waals surface area contributed by atoms with Gasteiger partial charge in [-0.2, -0.15) is 0 Å². The Balaban J connectivity index is 1.53. The third-order valence-electron chi connectivity index (χ3n) is 5.43. The van der Waals surface area contributed by atoms with Crippen molar-refractivity contribution in [3.63, 3.8) is 0 Å². The van der Waals surface area contributed by atoms with E-state index in [1.54, 1.807) is 0 Å². The summed E-state index contributed by atoms with van der Waals surface area (Å²) in [5.74, 6) is 0. The van der Waals surface area contributed by atoms with Crippen LogP contribution in [0.1, 0.15) is 44.6 Å². The summed E-state index contributed by atoms with van der Waals surface area (Å²) in [6, 6.07) is 10.8. The fourth-order valence-corrected chi connectivity index (χ4v) is 6.33. The van der Waals surface area contributed by atoms with Gasteiger partial charge in [-0.05, 0) is 73.6 Å². The molecular weight excluding hydrogens is 394 g/mol. The number of nitrogens with zero attached hydrogens (tertiary/aromatic N) is 1. The Morgan fingerprint density at radius 2 is 2.07 bits per heavy atom. The summed E-state index contributed by atoms with van der Waals surface area (Å²) in [5.41, 5.74) is 3.17. The molecule has 2 aromatic rings. The van der Waals surface area contributed by atoms with Crippen LogP contribution in [-0.4, -0.2) is 26.3 Å². The molecular formula is C20H25N3OS3. The SMILES string of the molecule is CC1Cc2cc(NS(=O)c3cccs3)ccc2NC(=S)N1C1CCCCC1. The Morgan fingerprint density at radius 1 is 1.26 bits per heavy atom. The summed E-state index contributed by atoms with van der Waals surface area (Å²) < 4.78 is 16.4. The normalized spacial score (nSPS) is 21.9. The van der Waals surface area contributed by atoms with E-state index in [9.17, 15) is 4.21 Å². The van der Waals surface area contributed by atoms with Crippen LogP contribution in [0.2, 0.25) is 0 Å². The van der Waals surface area contributed by atoms with Gasteiger partial charge in [0.05, 0.1) is 0 Å². The van der Waals surface area contributed by atoms with Gasteiger partial charge in [-0.15, -0.1) is 11.3 Å². The summed E-state index contributed by atoms with van der Waals surface area (Å²) in [5, 5.41) is 6.25. The zero-order chi connectivity index (χ0) is 18.8. The third-order valence-corrected chi connectivity index (χ3v) is 8.07. The highest BCUT2D eigenvalue weighted by Crippen LogP contribution is 2.32. The van der Waals surface area contributed by atoms with Crippen molar-refractivity contribution in [1.29, 1.82) is 0 Å². The molecule has 2 aliphatic rings. The average Bonchev–Trinajstić information content (AvgIpc) is 3.16. The maximum atomic E-state index is 12.5. The molecule has 144 valence electrons. The zero-order valence-electron chi connectivity index (χ0n) is 15.4. The number of hydrogen-bond donors (Lipinski definition) is 2. The molecule has 1 aliphatic heterocycles. The molecule has 0 spiro atoms. The van der Waals surface area contributed by atoms with E-state index in [2.05, 4.69) is 27.9 Å². The minimum Gasteiger partial charge on any atom is -0.343 e.